The first-order valence-electron chi connectivity index (χ1n) is 12.2. The van der Waals surface area contributed by atoms with Gasteiger partial charge < -0.3 is 26.2 Å². The van der Waals surface area contributed by atoms with Crippen LogP contribution in [0.15, 0.2) is 54.6 Å². The summed E-state index contributed by atoms with van der Waals surface area (Å²) in [5, 5.41) is 17.7. The van der Waals surface area contributed by atoms with Crippen LogP contribution < -0.4 is 21.7 Å². The summed E-state index contributed by atoms with van der Waals surface area (Å²) in [6, 6.07) is 12.6. The molecule has 0 unspecified atom stereocenters. The summed E-state index contributed by atoms with van der Waals surface area (Å²) in [6.45, 7) is 4.30. The lowest BCUT2D eigenvalue weighted by Crippen LogP contribution is -2.57. The minimum absolute atomic E-state index is 0. The molecule has 208 valence electrons. The van der Waals surface area contributed by atoms with Crippen LogP contribution in [-0.2, 0) is 36.9 Å². The van der Waals surface area contributed by atoms with Crippen LogP contribution in [0.25, 0.3) is 0 Å². The minimum atomic E-state index is -1.24. The van der Waals surface area contributed by atoms with Crippen molar-refractivity contribution in [2.75, 3.05) is 7.11 Å². The molecule has 0 bridgehead atoms. The lowest BCUT2D eigenvalue weighted by atomic mass is 9.97. The Hall–Kier alpha value is -3.47. The molecule has 2 rings (SSSR count). The number of nitrogens with one attached hydrogen (secondary N) is 3. The molecule has 2 aromatic carbocycles. The molecule has 0 heterocycles. The van der Waals surface area contributed by atoms with E-state index in [0.717, 1.165) is 5.56 Å². The third-order valence-electron chi connectivity index (χ3n) is 6.07. The lowest BCUT2D eigenvalue weighted by molar-refractivity contribution is -0.142. The number of esters is 1. The molecule has 11 heteroatoms. The average Bonchev–Trinajstić information content (AvgIpc) is 2.89. The van der Waals surface area contributed by atoms with Crippen LogP contribution in [0.1, 0.15) is 37.8 Å². The van der Waals surface area contributed by atoms with Crippen molar-refractivity contribution in [1.82, 2.24) is 16.0 Å². The second-order valence-corrected chi connectivity index (χ2v) is 8.90. The van der Waals surface area contributed by atoms with E-state index in [2.05, 4.69) is 20.7 Å². The second kappa shape index (κ2) is 16.4. The number of benzene rings is 2. The summed E-state index contributed by atoms with van der Waals surface area (Å²) < 4.78 is 4.54. The van der Waals surface area contributed by atoms with Crippen LogP contribution in [0.5, 0.6) is 5.75 Å². The Morgan fingerprint density at radius 2 is 1.58 bits per heavy atom. The standard InChI is InChI=1S/C27H36N4O6.ClH/c1-4-17(2)24(29-16-19-8-6-5-7-9-19)27(36)31-26(35)22(14-18-10-12-20(32)13-11-18)30-25(34)21(28)15-23(33)37-3;/h5-13,17,21-22,24,29,32H,4,14-16,28H2,1-3H3,(H,30,34)(H,31,35,36);1H/t17-,21-,22-,24-;/m0./s1. The van der Waals surface area contributed by atoms with E-state index in [1.807, 2.05) is 44.2 Å². The maximum Gasteiger partial charge on any atom is 0.307 e. The molecule has 10 nitrogen and oxygen atoms in total. The third-order valence-corrected chi connectivity index (χ3v) is 6.07. The molecule has 6 N–H and O–H groups in total. The van der Waals surface area contributed by atoms with Crippen molar-refractivity contribution < 1.29 is 29.0 Å². The van der Waals surface area contributed by atoms with Crippen molar-refractivity contribution in [3.8, 4) is 5.75 Å². The number of carbonyl (C=O) groups is 4. The molecule has 0 spiro atoms. The summed E-state index contributed by atoms with van der Waals surface area (Å²) >= 11 is 0. The van der Waals surface area contributed by atoms with E-state index in [0.29, 0.717) is 18.5 Å². The lowest BCUT2D eigenvalue weighted by Gasteiger charge is -2.25. The number of imide groups is 1. The van der Waals surface area contributed by atoms with E-state index in [1.54, 1.807) is 12.1 Å². The summed E-state index contributed by atoms with van der Waals surface area (Å²) in [7, 11) is 1.18. The number of methoxy groups -OCH3 is 1. The molecular formula is C27H37ClN4O6. The Morgan fingerprint density at radius 3 is 2.16 bits per heavy atom. The predicted octanol–water partition coefficient (Wildman–Crippen LogP) is 1.58. The van der Waals surface area contributed by atoms with Crippen LogP contribution in [-0.4, -0.2) is 54.0 Å². The van der Waals surface area contributed by atoms with E-state index in [1.165, 1.54) is 19.2 Å². The molecule has 3 amide bonds. The van der Waals surface area contributed by atoms with Gasteiger partial charge in [-0.1, -0.05) is 62.7 Å². The van der Waals surface area contributed by atoms with Crippen LogP contribution in [0.2, 0.25) is 0 Å². The van der Waals surface area contributed by atoms with Crippen LogP contribution >= 0.6 is 12.4 Å². The van der Waals surface area contributed by atoms with Crippen LogP contribution in [0.4, 0.5) is 0 Å². The smallest absolute Gasteiger partial charge is 0.307 e. The Kier molecular flexibility index (Phi) is 14.0. The summed E-state index contributed by atoms with van der Waals surface area (Å²) in [5.41, 5.74) is 7.43. The topological polar surface area (TPSA) is 160 Å². The number of carbonyl (C=O) groups excluding carboxylic acids is 4. The molecule has 0 saturated heterocycles. The van der Waals surface area contributed by atoms with E-state index >= 15 is 0 Å². The monoisotopic (exact) mass is 548 g/mol. The van der Waals surface area contributed by atoms with E-state index < -0.39 is 41.8 Å². The molecular weight excluding hydrogens is 512 g/mol. The number of hydrogen-bond donors (Lipinski definition) is 5. The largest absolute Gasteiger partial charge is 0.508 e. The quantitative estimate of drug-likeness (QED) is 0.236. The molecule has 38 heavy (non-hydrogen) atoms. The van der Waals surface area contributed by atoms with Crippen molar-refractivity contribution in [2.24, 2.45) is 11.7 Å². The van der Waals surface area contributed by atoms with Crippen molar-refractivity contribution in [3.05, 3.63) is 65.7 Å². The summed E-state index contributed by atoms with van der Waals surface area (Å²) in [4.78, 5) is 50.5. The maximum absolute atomic E-state index is 13.2. The molecule has 0 aliphatic heterocycles. The van der Waals surface area contributed by atoms with E-state index in [9.17, 15) is 24.3 Å². The summed E-state index contributed by atoms with van der Waals surface area (Å²) in [5.74, 6) is -2.67. The van der Waals surface area contributed by atoms with Crippen molar-refractivity contribution in [3.63, 3.8) is 0 Å². The van der Waals surface area contributed by atoms with E-state index in [4.69, 9.17) is 5.73 Å². The highest BCUT2D eigenvalue weighted by Crippen LogP contribution is 2.13. The van der Waals surface area contributed by atoms with Crippen LogP contribution in [0, 0.1) is 5.92 Å². The van der Waals surface area contributed by atoms with Gasteiger partial charge in [0.15, 0.2) is 0 Å². The average molecular weight is 549 g/mol. The van der Waals surface area contributed by atoms with Gasteiger partial charge in [-0.05, 0) is 29.2 Å². The van der Waals surface area contributed by atoms with Gasteiger partial charge >= 0.3 is 5.97 Å². The Balaban J connectivity index is 0.00000722. The Bertz CT molecular complexity index is 1050. The molecule has 0 aliphatic carbocycles. The van der Waals surface area contributed by atoms with Gasteiger partial charge in [0.1, 0.15) is 11.8 Å². The molecule has 4 atom stereocenters. The fourth-order valence-corrected chi connectivity index (χ4v) is 3.61. The highest BCUT2D eigenvalue weighted by Gasteiger charge is 2.30. The normalized spacial score (nSPS) is 13.7. The SMILES string of the molecule is CC[C@H](C)[C@H](NCc1ccccc1)C(=O)NC(=O)[C@H](Cc1ccc(O)cc1)NC(=O)[C@@H](N)CC(=O)OC.Cl. The molecule has 2 aromatic rings. The zero-order chi connectivity index (χ0) is 27.4. The fraction of sp³-hybridized carbons (Fsp3) is 0.407. The van der Waals surface area contributed by atoms with Crippen molar-refractivity contribution in [2.45, 2.75) is 57.8 Å². The number of halogens is 1. The molecule has 0 fully saturated rings. The number of phenolic OH excluding ortho intramolecular Hbond substituents is 1. The highest BCUT2D eigenvalue weighted by atomic mass is 35.5. The maximum atomic E-state index is 13.2. The molecule has 0 saturated carbocycles. The Labute approximate surface area is 229 Å². The highest BCUT2D eigenvalue weighted by molar-refractivity contribution is 6.01. The number of ether oxygens (including phenoxy) is 1. The van der Waals surface area contributed by atoms with E-state index in [-0.39, 0.29) is 36.9 Å². The van der Waals surface area contributed by atoms with Gasteiger partial charge in [-0.3, -0.25) is 24.5 Å². The number of hydrogen-bond acceptors (Lipinski definition) is 8. The third kappa shape index (κ3) is 10.5. The van der Waals surface area contributed by atoms with Crippen molar-refractivity contribution in [1.29, 1.82) is 0 Å². The predicted molar refractivity (Wildman–Crippen MR) is 145 cm³/mol. The zero-order valence-corrected chi connectivity index (χ0v) is 22.6. The second-order valence-electron chi connectivity index (χ2n) is 8.90. The molecule has 0 radical (unpaired) electrons. The first kappa shape index (κ1) is 32.6. The van der Waals surface area contributed by atoms with Crippen molar-refractivity contribution >= 4 is 36.1 Å². The van der Waals surface area contributed by atoms with Crippen LogP contribution in [0.3, 0.4) is 0 Å². The fourth-order valence-electron chi connectivity index (χ4n) is 3.61. The number of nitrogens with two attached hydrogens (primary N) is 1. The number of rotatable bonds is 13. The number of aromatic hydroxyl groups is 1. The number of phenols is 1. The first-order valence-corrected chi connectivity index (χ1v) is 12.2. The molecule has 0 aromatic heterocycles. The molecule has 0 aliphatic rings. The van der Waals surface area contributed by atoms with Gasteiger partial charge in [0.25, 0.3) is 0 Å². The van der Waals surface area contributed by atoms with Gasteiger partial charge in [0, 0.05) is 13.0 Å². The minimum Gasteiger partial charge on any atom is -0.508 e. The van der Waals surface area contributed by atoms with Gasteiger partial charge in [0.2, 0.25) is 17.7 Å². The van der Waals surface area contributed by atoms with Gasteiger partial charge in [-0.15, -0.1) is 12.4 Å². The first-order chi connectivity index (χ1) is 17.6. The summed E-state index contributed by atoms with van der Waals surface area (Å²) in [6.07, 6.45) is 0.361. The van der Waals surface area contributed by atoms with Gasteiger partial charge in [0.05, 0.1) is 25.6 Å². The number of amides is 3. The van der Waals surface area contributed by atoms with Gasteiger partial charge in [-0.25, -0.2) is 0 Å². The van der Waals surface area contributed by atoms with Gasteiger partial charge in [-0.2, -0.15) is 0 Å². The Morgan fingerprint density at radius 1 is 0.947 bits per heavy atom. The zero-order valence-electron chi connectivity index (χ0n) is 21.8.